The zero-order valence-corrected chi connectivity index (χ0v) is 23.8. The lowest BCUT2D eigenvalue weighted by Gasteiger charge is -2.15. The SMILES string of the molecule is O=C1c2cccc([N+](=O)[O-])c2C(=O)N1c1ccc(OCCCCOc2ccc(N3C(=O)c4cccc([N+](=O)[O-])c4C3=O)cc2)cc1. The summed E-state index contributed by atoms with van der Waals surface area (Å²) in [4.78, 5) is 74.5. The second-order valence-electron chi connectivity index (χ2n) is 10.2. The summed E-state index contributed by atoms with van der Waals surface area (Å²) in [5.74, 6) is -1.79. The van der Waals surface area contributed by atoms with Crippen molar-refractivity contribution in [3.8, 4) is 11.5 Å². The highest BCUT2D eigenvalue weighted by Gasteiger charge is 2.43. The molecule has 46 heavy (non-hydrogen) atoms. The van der Waals surface area contributed by atoms with Crippen LogP contribution in [0, 0.1) is 20.2 Å². The fourth-order valence-corrected chi connectivity index (χ4v) is 5.28. The van der Waals surface area contributed by atoms with E-state index in [2.05, 4.69) is 0 Å². The second kappa shape index (κ2) is 11.9. The third kappa shape index (κ3) is 5.17. The summed E-state index contributed by atoms with van der Waals surface area (Å²) in [6, 6.07) is 20.4. The molecule has 6 rings (SSSR count). The Morgan fingerprint density at radius 2 is 0.891 bits per heavy atom. The smallest absolute Gasteiger partial charge is 0.283 e. The van der Waals surface area contributed by atoms with Gasteiger partial charge in [0.05, 0.1) is 45.6 Å². The Bertz CT molecular complexity index is 1800. The summed E-state index contributed by atoms with van der Waals surface area (Å²) in [6.45, 7) is 0.708. The molecule has 0 saturated carbocycles. The molecule has 0 spiro atoms. The van der Waals surface area contributed by atoms with E-state index in [0.29, 0.717) is 37.6 Å². The molecule has 0 bridgehead atoms. The van der Waals surface area contributed by atoms with E-state index in [0.717, 1.165) is 9.80 Å². The highest BCUT2D eigenvalue weighted by atomic mass is 16.6. The van der Waals surface area contributed by atoms with Crippen molar-refractivity contribution in [2.45, 2.75) is 12.8 Å². The standard InChI is InChI=1S/C32H22N4O10/c37-29-23-5-3-7-25(35(41)42)27(23)31(39)33(29)19-9-13-21(14-10-19)45-17-1-2-18-46-22-15-11-20(12-16-22)34-30(38)24-6-4-8-26(36(43)44)28(24)32(34)40/h3-16H,1-2,17-18H2. The Morgan fingerprint density at radius 3 is 1.24 bits per heavy atom. The number of anilines is 2. The Hall–Kier alpha value is -6.44. The average Bonchev–Trinajstić information content (AvgIpc) is 3.47. The molecule has 0 saturated heterocycles. The summed E-state index contributed by atoms with van der Waals surface area (Å²) < 4.78 is 11.5. The topological polar surface area (TPSA) is 180 Å². The molecule has 230 valence electrons. The summed E-state index contributed by atoms with van der Waals surface area (Å²) >= 11 is 0. The minimum atomic E-state index is -0.759. The van der Waals surface area contributed by atoms with E-state index < -0.39 is 44.9 Å². The first kappa shape index (κ1) is 29.6. The van der Waals surface area contributed by atoms with E-state index in [1.165, 1.54) is 60.7 Å². The number of hydrogen-bond donors (Lipinski definition) is 0. The Balaban J connectivity index is 0.972. The van der Waals surface area contributed by atoms with Crippen molar-refractivity contribution in [1.29, 1.82) is 0 Å². The molecule has 14 heteroatoms. The highest BCUT2D eigenvalue weighted by Crippen LogP contribution is 2.36. The number of nitrogens with zero attached hydrogens (tertiary/aromatic N) is 4. The summed E-state index contributed by atoms with van der Waals surface area (Å²) in [6.07, 6.45) is 1.27. The minimum Gasteiger partial charge on any atom is -0.494 e. The maximum Gasteiger partial charge on any atom is 0.283 e. The number of hydrogen-bond acceptors (Lipinski definition) is 10. The van der Waals surface area contributed by atoms with Crippen LogP contribution in [-0.2, 0) is 0 Å². The van der Waals surface area contributed by atoms with Gasteiger partial charge < -0.3 is 9.47 Å². The van der Waals surface area contributed by atoms with Crippen molar-refractivity contribution < 1.29 is 38.5 Å². The summed E-state index contributed by atoms with van der Waals surface area (Å²) in [5.41, 5.74) is -0.818. The van der Waals surface area contributed by atoms with E-state index in [9.17, 15) is 39.4 Å². The molecule has 2 heterocycles. The van der Waals surface area contributed by atoms with Gasteiger partial charge in [0, 0.05) is 12.1 Å². The molecule has 4 aromatic rings. The quantitative estimate of drug-likeness (QED) is 0.0917. The number of carbonyl (C=O) groups is 4. The Labute approximate surface area is 259 Å². The van der Waals surface area contributed by atoms with E-state index in [-0.39, 0.29) is 33.6 Å². The van der Waals surface area contributed by atoms with Crippen LogP contribution in [0.5, 0.6) is 11.5 Å². The van der Waals surface area contributed by atoms with Gasteiger partial charge in [0.25, 0.3) is 35.0 Å². The lowest BCUT2D eigenvalue weighted by atomic mass is 10.1. The molecule has 0 aliphatic carbocycles. The predicted octanol–water partition coefficient (Wildman–Crippen LogP) is 5.34. The number of amides is 4. The average molecular weight is 623 g/mol. The van der Waals surface area contributed by atoms with Gasteiger partial charge in [-0.2, -0.15) is 0 Å². The van der Waals surface area contributed by atoms with Crippen molar-refractivity contribution in [2.24, 2.45) is 0 Å². The molecule has 2 aliphatic heterocycles. The lowest BCUT2D eigenvalue weighted by Crippen LogP contribution is -2.29. The van der Waals surface area contributed by atoms with Crippen molar-refractivity contribution >= 4 is 46.4 Å². The first-order valence-electron chi connectivity index (χ1n) is 14.0. The summed E-state index contributed by atoms with van der Waals surface area (Å²) in [7, 11) is 0. The van der Waals surface area contributed by atoms with Crippen LogP contribution < -0.4 is 19.3 Å². The number of imide groups is 2. The monoisotopic (exact) mass is 622 g/mol. The largest absolute Gasteiger partial charge is 0.494 e. The minimum absolute atomic E-state index is 0.0197. The predicted molar refractivity (Wildman–Crippen MR) is 162 cm³/mol. The molecule has 0 unspecified atom stereocenters. The van der Waals surface area contributed by atoms with E-state index >= 15 is 0 Å². The van der Waals surface area contributed by atoms with Crippen LogP contribution in [0.1, 0.15) is 54.3 Å². The van der Waals surface area contributed by atoms with Gasteiger partial charge in [-0.1, -0.05) is 12.1 Å². The lowest BCUT2D eigenvalue weighted by molar-refractivity contribution is -0.385. The van der Waals surface area contributed by atoms with Crippen LogP contribution in [0.15, 0.2) is 84.9 Å². The molecule has 14 nitrogen and oxygen atoms in total. The van der Waals surface area contributed by atoms with E-state index in [4.69, 9.17) is 9.47 Å². The molecule has 4 amide bonds. The van der Waals surface area contributed by atoms with Crippen LogP contribution in [0.4, 0.5) is 22.7 Å². The third-order valence-corrected chi connectivity index (χ3v) is 7.45. The van der Waals surface area contributed by atoms with Gasteiger partial charge in [-0.3, -0.25) is 39.4 Å². The van der Waals surface area contributed by atoms with Crippen LogP contribution >= 0.6 is 0 Å². The van der Waals surface area contributed by atoms with Gasteiger partial charge in [0.2, 0.25) is 0 Å². The Morgan fingerprint density at radius 1 is 0.522 bits per heavy atom. The zero-order chi connectivity index (χ0) is 32.5. The van der Waals surface area contributed by atoms with Crippen molar-refractivity contribution in [2.75, 3.05) is 23.0 Å². The van der Waals surface area contributed by atoms with Gasteiger partial charge in [-0.05, 0) is 73.5 Å². The number of carbonyl (C=O) groups excluding carboxylic acids is 4. The van der Waals surface area contributed by atoms with Gasteiger partial charge in [0.1, 0.15) is 22.6 Å². The molecule has 0 N–H and O–H groups in total. The molecular weight excluding hydrogens is 600 g/mol. The van der Waals surface area contributed by atoms with Gasteiger partial charge >= 0.3 is 0 Å². The molecule has 4 aromatic carbocycles. The fraction of sp³-hybridized carbons (Fsp3) is 0.125. The first-order valence-corrected chi connectivity index (χ1v) is 14.0. The molecule has 0 fully saturated rings. The number of nitro groups is 2. The van der Waals surface area contributed by atoms with Gasteiger partial charge in [0.15, 0.2) is 0 Å². The van der Waals surface area contributed by atoms with Crippen LogP contribution in [-0.4, -0.2) is 46.7 Å². The maximum atomic E-state index is 12.9. The number of nitro benzene ring substituents is 2. The Kier molecular flexibility index (Phi) is 7.68. The molecule has 0 atom stereocenters. The molecular formula is C32H22N4O10. The number of unbranched alkanes of at least 4 members (excludes halogenated alkanes) is 1. The van der Waals surface area contributed by atoms with Crippen LogP contribution in [0.25, 0.3) is 0 Å². The number of benzene rings is 4. The van der Waals surface area contributed by atoms with E-state index in [1.807, 2.05) is 0 Å². The second-order valence-corrected chi connectivity index (χ2v) is 10.2. The van der Waals surface area contributed by atoms with Gasteiger partial charge in [-0.25, -0.2) is 9.80 Å². The molecule has 2 aliphatic rings. The number of rotatable bonds is 11. The summed E-state index contributed by atoms with van der Waals surface area (Å²) in [5, 5.41) is 22.7. The van der Waals surface area contributed by atoms with Gasteiger partial charge in [-0.15, -0.1) is 0 Å². The molecule has 0 radical (unpaired) electrons. The van der Waals surface area contributed by atoms with Crippen LogP contribution in [0.3, 0.4) is 0 Å². The molecule has 0 aromatic heterocycles. The normalized spacial score (nSPS) is 13.6. The maximum absolute atomic E-state index is 12.9. The third-order valence-electron chi connectivity index (χ3n) is 7.45. The first-order chi connectivity index (χ1) is 22.2. The fourth-order valence-electron chi connectivity index (χ4n) is 5.28. The zero-order valence-electron chi connectivity index (χ0n) is 23.8. The number of fused-ring (bicyclic) bond motifs is 2. The van der Waals surface area contributed by atoms with Crippen LogP contribution in [0.2, 0.25) is 0 Å². The number of ether oxygens (including phenoxy) is 2. The van der Waals surface area contributed by atoms with Crippen molar-refractivity contribution in [3.05, 3.63) is 127 Å². The van der Waals surface area contributed by atoms with E-state index in [1.54, 1.807) is 24.3 Å². The highest BCUT2D eigenvalue weighted by molar-refractivity contribution is 6.36. The van der Waals surface area contributed by atoms with Crippen molar-refractivity contribution in [3.63, 3.8) is 0 Å². The van der Waals surface area contributed by atoms with Crippen molar-refractivity contribution in [1.82, 2.24) is 0 Å².